The molecular weight excluding hydrogens is 240 g/mol. The van der Waals surface area contributed by atoms with Gasteiger partial charge in [-0.15, -0.1) is 0 Å². The molecule has 1 aliphatic heterocycles. The first-order valence-electron chi connectivity index (χ1n) is 6.78. The number of aromatic nitrogens is 2. The first-order chi connectivity index (χ1) is 9.28. The van der Waals surface area contributed by atoms with Gasteiger partial charge in [-0.2, -0.15) is 5.10 Å². The van der Waals surface area contributed by atoms with E-state index in [0.29, 0.717) is 0 Å². The Bertz CT molecular complexity index is 599. The van der Waals surface area contributed by atoms with Crippen molar-refractivity contribution in [2.75, 3.05) is 11.9 Å². The Hall–Kier alpha value is -1.88. The number of benzene rings is 1. The second kappa shape index (κ2) is 5.01. The van der Waals surface area contributed by atoms with E-state index in [2.05, 4.69) is 22.7 Å². The SMILES string of the molecule is CCn1ncc2ccc(NC(=O)C3CCCN3)cc21. The number of carbonyl (C=O) groups is 1. The van der Waals surface area contributed by atoms with E-state index in [0.717, 1.165) is 42.5 Å². The average Bonchev–Trinajstić information content (AvgIpc) is 3.07. The fraction of sp³-hybridized carbons (Fsp3) is 0.429. The Morgan fingerprint density at radius 3 is 3.21 bits per heavy atom. The summed E-state index contributed by atoms with van der Waals surface area (Å²) in [7, 11) is 0. The van der Waals surface area contributed by atoms with Crippen LogP contribution < -0.4 is 10.6 Å². The van der Waals surface area contributed by atoms with Gasteiger partial charge in [0.05, 0.1) is 17.8 Å². The Morgan fingerprint density at radius 1 is 1.58 bits per heavy atom. The van der Waals surface area contributed by atoms with Crippen LogP contribution >= 0.6 is 0 Å². The molecule has 0 saturated carbocycles. The van der Waals surface area contributed by atoms with Crippen molar-refractivity contribution in [2.45, 2.75) is 32.4 Å². The van der Waals surface area contributed by atoms with E-state index in [1.165, 1.54) is 0 Å². The van der Waals surface area contributed by atoms with E-state index >= 15 is 0 Å². The standard InChI is InChI=1S/C14H18N4O/c1-2-18-13-8-11(6-5-10(13)9-16-18)17-14(19)12-4-3-7-15-12/h5-6,8-9,12,15H,2-4,7H2,1H3,(H,17,19). The summed E-state index contributed by atoms with van der Waals surface area (Å²) in [4.78, 5) is 12.0. The highest BCUT2D eigenvalue weighted by Crippen LogP contribution is 2.19. The van der Waals surface area contributed by atoms with Crippen LogP contribution in [0.15, 0.2) is 24.4 Å². The monoisotopic (exact) mass is 258 g/mol. The molecule has 2 heterocycles. The van der Waals surface area contributed by atoms with E-state index in [4.69, 9.17) is 0 Å². The molecular formula is C14H18N4O. The molecule has 2 N–H and O–H groups in total. The number of aryl methyl sites for hydroxylation is 1. The molecule has 1 atom stereocenters. The number of carbonyl (C=O) groups excluding carboxylic acids is 1. The molecule has 2 aromatic rings. The number of nitrogens with zero attached hydrogens (tertiary/aromatic N) is 2. The maximum atomic E-state index is 12.0. The van der Waals surface area contributed by atoms with Gasteiger partial charge in [-0.3, -0.25) is 9.48 Å². The van der Waals surface area contributed by atoms with Crippen LogP contribution in [0.2, 0.25) is 0 Å². The molecule has 0 bridgehead atoms. The summed E-state index contributed by atoms with van der Waals surface area (Å²) in [6, 6.07) is 5.86. The van der Waals surface area contributed by atoms with Crippen molar-refractivity contribution < 1.29 is 4.79 Å². The number of fused-ring (bicyclic) bond motifs is 1. The predicted molar refractivity (Wildman–Crippen MR) is 75.1 cm³/mol. The van der Waals surface area contributed by atoms with Crippen LogP contribution in [0.3, 0.4) is 0 Å². The van der Waals surface area contributed by atoms with Crippen molar-refractivity contribution in [3.63, 3.8) is 0 Å². The van der Waals surface area contributed by atoms with Crippen LogP contribution in [0.25, 0.3) is 10.9 Å². The van der Waals surface area contributed by atoms with Crippen LogP contribution in [-0.4, -0.2) is 28.3 Å². The van der Waals surface area contributed by atoms with E-state index < -0.39 is 0 Å². The second-order valence-electron chi connectivity index (χ2n) is 4.87. The highest BCUT2D eigenvalue weighted by Gasteiger charge is 2.21. The first kappa shape index (κ1) is 12.2. The Morgan fingerprint density at radius 2 is 2.47 bits per heavy atom. The van der Waals surface area contributed by atoms with E-state index in [1.54, 1.807) is 0 Å². The zero-order valence-electron chi connectivity index (χ0n) is 11.0. The lowest BCUT2D eigenvalue weighted by atomic mass is 10.2. The van der Waals surface area contributed by atoms with Crippen molar-refractivity contribution in [3.05, 3.63) is 24.4 Å². The fourth-order valence-electron chi connectivity index (χ4n) is 2.54. The largest absolute Gasteiger partial charge is 0.325 e. The van der Waals surface area contributed by atoms with E-state index in [9.17, 15) is 4.79 Å². The summed E-state index contributed by atoms with van der Waals surface area (Å²) in [6.07, 6.45) is 3.84. The molecule has 100 valence electrons. The van der Waals surface area contributed by atoms with E-state index in [1.807, 2.05) is 29.1 Å². The molecule has 5 nitrogen and oxygen atoms in total. The first-order valence-corrected chi connectivity index (χ1v) is 6.78. The van der Waals surface area contributed by atoms with Gasteiger partial charge < -0.3 is 10.6 Å². The summed E-state index contributed by atoms with van der Waals surface area (Å²) in [5, 5.41) is 11.6. The highest BCUT2D eigenvalue weighted by atomic mass is 16.2. The summed E-state index contributed by atoms with van der Waals surface area (Å²) in [5.41, 5.74) is 1.89. The second-order valence-corrected chi connectivity index (χ2v) is 4.87. The topological polar surface area (TPSA) is 59.0 Å². The van der Waals surface area contributed by atoms with Gasteiger partial charge in [-0.05, 0) is 44.5 Å². The fourth-order valence-corrected chi connectivity index (χ4v) is 2.54. The van der Waals surface area contributed by atoms with Crippen molar-refractivity contribution in [3.8, 4) is 0 Å². The van der Waals surface area contributed by atoms with E-state index in [-0.39, 0.29) is 11.9 Å². The maximum Gasteiger partial charge on any atom is 0.241 e. The number of rotatable bonds is 3. The van der Waals surface area contributed by atoms with Gasteiger partial charge in [0.25, 0.3) is 0 Å². The molecule has 1 unspecified atom stereocenters. The Balaban J connectivity index is 1.82. The molecule has 3 rings (SSSR count). The quantitative estimate of drug-likeness (QED) is 0.881. The molecule has 1 saturated heterocycles. The van der Waals surface area contributed by atoms with Crippen LogP contribution in [0.4, 0.5) is 5.69 Å². The molecule has 1 aromatic carbocycles. The van der Waals surface area contributed by atoms with Crippen molar-refractivity contribution in [1.29, 1.82) is 0 Å². The minimum absolute atomic E-state index is 0.0493. The number of amides is 1. The summed E-state index contributed by atoms with van der Waals surface area (Å²) in [5.74, 6) is 0.0550. The van der Waals surface area contributed by atoms with Gasteiger partial charge >= 0.3 is 0 Å². The third-order valence-electron chi connectivity index (χ3n) is 3.59. The smallest absolute Gasteiger partial charge is 0.241 e. The van der Waals surface area contributed by atoms with Gasteiger partial charge in [-0.1, -0.05) is 0 Å². The number of nitrogens with one attached hydrogen (secondary N) is 2. The van der Waals surface area contributed by atoms with Gasteiger partial charge in [0.2, 0.25) is 5.91 Å². The molecule has 1 amide bonds. The van der Waals surface area contributed by atoms with Gasteiger partial charge in [0.15, 0.2) is 0 Å². The lowest BCUT2D eigenvalue weighted by Crippen LogP contribution is -2.35. The van der Waals surface area contributed by atoms with Crippen molar-refractivity contribution >= 4 is 22.5 Å². The molecule has 0 radical (unpaired) electrons. The number of hydrogen-bond acceptors (Lipinski definition) is 3. The third kappa shape index (κ3) is 2.33. The summed E-state index contributed by atoms with van der Waals surface area (Å²) >= 11 is 0. The van der Waals surface area contributed by atoms with Crippen molar-refractivity contribution in [1.82, 2.24) is 15.1 Å². The Labute approximate surface area is 112 Å². The summed E-state index contributed by atoms with van der Waals surface area (Å²) in [6.45, 7) is 3.81. The molecule has 1 aliphatic rings. The highest BCUT2D eigenvalue weighted by molar-refractivity contribution is 5.96. The van der Waals surface area contributed by atoms with Crippen LogP contribution in [0.1, 0.15) is 19.8 Å². The zero-order valence-corrected chi connectivity index (χ0v) is 11.0. The molecule has 1 fully saturated rings. The normalized spacial score (nSPS) is 18.9. The lowest BCUT2D eigenvalue weighted by Gasteiger charge is -2.11. The average molecular weight is 258 g/mol. The van der Waals surface area contributed by atoms with Crippen LogP contribution in [-0.2, 0) is 11.3 Å². The summed E-state index contributed by atoms with van der Waals surface area (Å²) < 4.78 is 1.93. The minimum Gasteiger partial charge on any atom is -0.325 e. The predicted octanol–water partition coefficient (Wildman–Crippen LogP) is 1.75. The zero-order chi connectivity index (χ0) is 13.2. The molecule has 1 aromatic heterocycles. The Kier molecular flexibility index (Phi) is 3.21. The van der Waals surface area contributed by atoms with Crippen molar-refractivity contribution in [2.24, 2.45) is 0 Å². The van der Waals surface area contributed by atoms with Gasteiger partial charge in [0.1, 0.15) is 0 Å². The maximum absolute atomic E-state index is 12.0. The van der Waals surface area contributed by atoms with Gasteiger partial charge in [0, 0.05) is 17.6 Å². The molecule has 0 aliphatic carbocycles. The minimum atomic E-state index is -0.0493. The third-order valence-corrected chi connectivity index (χ3v) is 3.59. The molecule has 0 spiro atoms. The van der Waals surface area contributed by atoms with Crippen LogP contribution in [0.5, 0.6) is 0 Å². The van der Waals surface area contributed by atoms with Crippen LogP contribution in [0, 0.1) is 0 Å². The molecule has 5 heteroatoms. The molecule has 19 heavy (non-hydrogen) atoms. The number of anilines is 1. The van der Waals surface area contributed by atoms with Gasteiger partial charge in [-0.25, -0.2) is 0 Å². The number of hydrogen-bond donors (Lipinski definition) is 2. The lowest BCUT2D eigenvalue weighted by molar-refractivity contribution is -0.117.